The van der Waals surface area contributed by atoms with Crippen molar-refractivity contribution in [3.63, 3.8) is 0 Å². The third-order valence-corrected chi connectivity index (χ3v) is 2.72. The van der Waals surface area contributed by atoms with Gasteiger partial charge in [-0.2, -0.15) is 0 Å². The molecule has 0 aromatic heterocycles. The Hall–Kier alpha value is -0.830. The Labute approximate surface area is 78.6 Å². The van der Waals surface area contributed by atoms with Gasteiger partial charge in [-0.25, -0.2) is 0 Å². The van der Waals surface area contributed by atoms with Crippen LogP contribution in [0.4, 0.5) is 0 Å². The minimum atomic E-state index is -0.731. The maximum atomic E-state index is 10.5. The molecule has 0 heterocycles. The van der Waals surface area contributed by atoms with Gasteiger partial charge in [0.1, 0.15) is 0 Å². The summed E-state index contributed by atoms with van der Waals surface area (Å²) in [5.41, 5.74) is 5.56. The van der Waals surface area contributed by atoms with Gasteiger partial charge in [-0.15, -0.1) is 0 Å². The Balaban J connectivity index is 2.45. The van der Waals surface area contributed by atoms with E-state index in [0.29, 0.717) is 12.5 Å². The highest BCUT2D eigenvalue weighted by Crippen LogP contribution is 2.27. The molecule has 0 aromatic rings. The van der Waals surface area contributed by atoms with Crippen molar-refractivity contribution in [2.75, 3.05) is 6.54 Å². The van der Waals surface area contributed by atoms with Gasteiger partial charge in [-0.05, 0) is 37.6 Å². The first-order chi connectivity index (χ1) is 6.24. The van der Waals surface area contributed by atoms with Crippen LogP contribution in [0.15, 0.2) is 12.2 Å². The molecule has 1 aliphatic rings. The number of hydrogen-bond acceptors (Lipinski definition) is 2. The van der Waals surface area contributed by atoms with Crippen molar-refractivity contribution in [2.24, 2.45) is 17.6 Å². The largest absolute Gasteiger partial charge is 0.481 e. The van der Waals surface area contributed by atoms with Gasteiger partial charge in [0.25, 0.3) is 0 Å². The Morgan fingerprint density at radius 1 is 1.62 bits per heavy atom. The molecule has 0 bridgehead atoms. The molecule has 2 atom stereocenters. The maximum Gasteiger partial charge on any atom is 0.303 e. The standard InChI is InChI=1S/C10H17NO2/c11-7-9(6-10(12)13)8-4-2-1-3-5-8/h1-2,8-9H,3-7,11H2,(H,12,13). The number of nitrogens with two attached hydrogens (primary N) is 1. The SMILES string of the molecule is NCC(CC(=O)O)C1CC=CCC1. The second-order valence-corrected chi connectivity index (χ2v) is 3.64. The van der Waals surface area contributed by atoms with E-state index in [1.807, 2.05) is 0 Å². The number of carboxylic acid groups (broad SMARTS) is 1. The van der Waals surface area contributed by atoms with Crippen LogP contribution in [0.2, 0.25) is 0 Å². The van der Waals surface area contributed by atoms with Gasteiger partial charge in [-0.1, -0.05) is 12.2 Å². The van der Waals surface area contributed by atoms with Crippen LogP contribution in [0, 0.1) is 11.8 Å². The first-order valence-electron chi connectivity index (χ1n) is 4.81. The molecule has 0 aliphatic heterocycles. The Morgan fingerprint density at radius 3 is 2.85 bits per heavy atom. The molecular formula is C10H17NO2. The van der Waals surface area contributed by atoms with Crippen LogP contribution in [0.5, 0.6) is 0 Å². The van der Waals surface area contributed by atoms with Gasteiger partial charge < -0.3 is 10.8 Å². The van der Waals surface area contributed by atoms with E-state index in [2.05, 4.69) is 12.2 Å². The number of rotatable bonds is 4. The fourth-order valence-corrected chi connectivity index (χ4v) is 1.91. The maximum absolute atomic E-state index is 10.5. The van der Waals surface area contributed by atoms with Crippen LogP contribution >= 0.6 is 0 Å². The molecule has 3 heteroatoms. The molecule has 0 saturated carbocycles. The van der Waals surface area contributed by atoms with Gasteiger partial charge in [0.05, 0.1) is 0 Å². The third-order valence-electron chi connectivity index (χ3n) is 2.72. The molecule has 3 nitrogen and oxygen atoms in total. The van der Waals surface area contributed by atoms with Crippen molar-refractivity contribution in [1.82, 2.24) is 0 Å². The van der Waals surface area contributed by atoms with Gasteiger partial charge in [0.2, 0.25) is 0 Å². The highest BCUT2D eigenvalue weighted by Gasteiger charge is 2.22. The molecule has 1 aliphatic carbocycles. The Bertz CT molecular complexity index is 201. The molecule has 13 heavy (non-hydrogen) atoms. The lowest BCUT2D eigenvalue weighted by Crippen LogP contribution is -2.26. The highest BCUT2D eigenvalue weighted by atomic mass is 16.4. The minimum Gasteiger partial charge on any atom is -0.481 e. The van der Waals surface area contributed by atoms with Crippen molar-refractivity contribution in [3.05, 3.63) is 12.2 Å². The molecule has 0 fully saturated rings. The van der Waals surface area contributed by atoms with Crippen LogP contribution in [0.3, 0.4) is 0 Å². The van der Waals surface area contributed by atoms with E-state index in [-0.39, 0.29) is 12.3 Å². The number of carbonyl (C=O) groups is 1. The smallest absolute Gasteiger partial charge is 0.303 e. The molecule has 74 valence electrons. The van der Waals surface area contributed by atoms with Crippen LogP contribution in [0.25, 0.3) is 0 Å². The predicted octanol–water partition coefficient (Wildman–Crippen LogP) is 1.39. The molecule has 0 saturated heterocycles. The van der Waals surface area contributed by atoms with Crippen LogP contribution < -0.4 is 5.73 Å². The highest BCUT2D eigenvalue weighted by molar-refractivity contribution is 5.67. The quantitative estimate of drug-likeness (QED) is 0.647. The van der Waals surface area contributed by atoms with Crippen molar-refractivity contribution in [3.8, 4) is 0 Å². The molecule has 3 N–H and O–H groups in total. The molecule has 0 aromatic carbocycles. The van der Waals surface area contributed by atoms with Gasteiger partial charge in [-0.3, -0.25) is 4.79 Å². The zero-order valence-electron chi connectivity index (χ0n) is 7.78. The average molecular weight is 183 g/mol. The molecule has 2 unspecified atom stereocenters. The molecule has 0 spiro atoms. The lowest BCUT2D eigenvalue weighted by atomic mass is 9.81. The predicted molar refractivity (Wildman–Crippen MR) is 51.3 cm³/mol. The van der Waals surface area contributed by atoms with Crippen molar-refractivity contribution in [1.29, 1.82) is 0 Å². The number of carboxylic acids is 1. The summed E-state index contributed by atoms with van der Waals surface area (Å²) in [6.07, 6.45) is 7.67. The molecule has 1 rings (SSSR count). The van der Waals surface area contributed by atoms with Gasteiger partial charge in [0, 0.05) is 6.42 Å². The second-order valence-electron chi connectivity index (χ2n) is 3.64. The first kappa shape index (κ1) is 10.3. The normalized spacial score (nSPS) is 24.2. The van der Waals surface area contributed by atoms with E-state index in [0.717, 1.165) is 19.3 Å². The van der Waals surface area contributed by atoms with Crippen molar-refractivity contribution < 1.29 is 9.90 Å². The summed E-state index contributed by atoms with van der Waals surface area (Å²) in [4.78, 5) is 10.5. The minimum absolute atomic E-state index is 0.155. The monoisotopic (exact) mass is 183 g/mol. The van der Waals surface area contributed by atoms with E-state index in [9.17, 15) is 4.79 Å². The molecule has 0 radical (unpaired) electrons. The first-order valence-corrected chi connectivity index (χ1v) is 4.81. The number of allylic oxidation sites excluding steroid dienone is 2. The number of aliphatic carboxylic acids is 1. The van der Waals surface area contributed by atoms with E-state index in [1.165, 1.54) is 0 Å². The summed E-state index contributed by atoms with van der Waals surface area (Å²) >= 11 is 0. The summed E-state index contributed by atoms with van der Waals surface area (Å²) in [5.74, 6) is -0.0986. The van der Waals surface area contributed by atoms with Gasteiger partial charge in [0.15, 0.2) is 0 Å². The summed E-state index contributed by atoms with van der Waals surface area (Å²) in [6.45, 7) is 0.491. The molecular weight excluding hydrogens is 166 g/mol. The lowest BCUT2D eigenvalue weighted by Gasteiger charge is -2.25. The van der Waals surface area contributed by atoms with E-state index in [1.54, 1.807) is 0 Å². The third kappa shape index (κ3) is 3.19. The number of hydrogen-bond donors (Lipinski definition) is 2. The summed E-state index contributed by atoms with van der Waals surface area (Å²) in [5, 5.41) is 8.67. The Kier molecular flexibility index (Phi) is 3.96. The van der Waals surface area contributed by atoms with Crippen LogP contribution in [-0.2, 0) is 4.79 Å². The van der Waals surface area contributed by atoms with Gasteiger partial charge >= 0.3 is 5.97 Å². The van der Waals surface area contributed by atoms with E-state index in [4.69, 9.17) is 10.8 Å². The van der Waals surface area contributed by atoms with Crippen molar-refractivity contribution in [2.45, 2.75) is 25.7 Å². The second kappa shape index (κ2) is 5.02. The van der Waals surface area contributed by atoms with Crippen LogP contribution in [-0.4, -0.2) is 17.6 Å². The zero-order chi connectivity index (χ0) is 9.68. The topological polar surface area (TPSA) is 63.3 Å². The van der Waals surface area contributed by atoms with Crippen molar-refractivity contribution >= 4 is 5.97 Å². The summed E-state index contributed by atoms with van der Waals surface area (Å²) < 4.78 is 0. The van der Waals surface area contributed by atoms with Crippen LogP contribution in [0.1, 0.15) is 25.7 Å². The average Bonchev–Trinajstić information content (AvgIpc) is 2.15. The van der Waals surface area contributed by atoms with E-state index >= 15 is 0 Å². The molecule has 0 amide bonds. The Morgan fingerprint density at radius 2 is 2.38 bits per heavy atom. The fourth-order valence-electron chi connectivity index (χ4n) is 1.91. The summed E-state index contributed by atoms with van der Waals surface area (Å²) in [6, 6.07) is 0. The summed E-state index contributed by atoms with van der Waals surface area (Å²) in [7, 11) is 0. The van der Waals surface area contributed by atoms with E-state index < -0.39 is 5.97 Å². The zero-order valence-corrected chi connectivity index (χ0v) is 7.78. The lowest BCUT2D eigenvalue weighted by molar-refractivity contribution is -0.138. The fraction of sp³-hybridized carbons (Fsp3) is 0.700.